The summed E-state index contributed by atoms with van der Waals surface area (Å²) in [6, 6.07) is 17.2. The van der Waals surface area contributed by atoms with Gasteiger partial charge in [0.25, 0.3) is 5.91 Å². The lowest BCUT2D eigenvalue weighted by atomic mass is 9.83. The van der Waals surface area contributed by atoms with Crippen molar-refractivity contribution in [2.24, 2.45) is 0 Å². The van der Waals surface area contributed by atoms with E-state index in [9.17, 15) is 14.7 Å². The highest BCUT2D eigenvalue weighted by atomic mass is 16.3. The normalized spacial score (nSPS) is 16.6. The number of aromatic hydroxyl groups is 1. The lowest BCUT2D eigenvalue weighted by Crippen LogP contribution is -2.49. The van der Waals surface area contributed by atoms with Gasteiger partial charge in [-0.1, -0.05) is 48.4 Å². The molecule has 1 amide bonds. The molecule has 0 bridgehead atoms. The number of fused-ring (bicyclic) bond motifs is 1. The van der Waals surface area contributed by atoms with Crippen LogP contribution in [0.15, 0.2) is 65.6 Å². The van der Waals surface area contributed by atoms with Crippen LogP contribution in [0.5, 0.6) is 5.75 Å². The number of nitrogens with zero attached hydrogens (tertiary/aromatic N) is 3. The molecule has 1 N–H and O–H groups in total. The lowest BCUT2D eigenvalue weighted by Gasteiger charge is -2.41. The highest BCUT2D eigenvalue weighted by molar-refractivity contribution is 5.96. The second kappa shape index (κ2) is 8.11. The highest BCUT2D eigenvalue weighted by Crippen LogP contribution is 2.39. The summed E-state index contributed by atoms with van der Waals surface area (Å²) in [5.74, 6) is 1.49. The van der Waals surface area contributed by atoms with Crippen molar-refractivity contribution in [3.05, 3.63) is 93.4 Å². The number of amides is 1. The number of aromatic nitrogens is 2. The fourth-order valence-corrected chi connectivity index (χ4v) is 4.22. The van der Waals surface area contributed by atoms with E-state index < -0.39 is 17.1 Å². The van der Waals surface area contributed by atoms with Crippen molar-refractivity contribution in [1.82, 2.24) is 14.7 Å². The number of carbonyl (C=O) groups is 1. The molecule has 0 saturated heterocycles. The van der Waals surface area contributed by atoms with E-state index in [1.54, 1.807) is 4.90 Å². The van der Waals surface area contributed by atoms with Crippen molar-refractivity contribution in [2.75, 3.05) is 6.54 Å². The molecular formula is C25H23N3O3. The monoisotopic (exact) mass is 413 g/mol. The molecule has 0 aliphatic carbocycles. The SMILES string of the molecule is C#Cc1cccc([C@@H](c2ccccc2)[C@H]2CN(C(C)C)C(=O)c3c(O)c(=O)cnn32)c1. The molecule has 1 aliphatic heterocycles. The Kier molecular flexibility index (Phi) is 5.35. The summed E-state index contributed by atoms with van der Waals surface area (Å²) < 4.78 is 1.50. The minimum absolute atomic E-state index is 0.0773. The third kappa shape index (κ3) is 3.59. The van der Waals surface area contributed by atoms with Crippen molar-refractivity contribution in [3.8, 4) is 18.1 Å². The fourth-order valence-electron chi connectivity index (χ4n) is 4.22. The van der Waals surface area contributed by atoms with Gasteiger partial charge in [-0.05, 0) is 37.1 Å². The van der Waals surface area contributed by atoms with Gasteiger partial charge in [0.15, 0.2) is 11.4 Å². The predicted molar refractivity (Wildman–Crippen MR) is 118 cm³/mol. The number of carbonyl (C=O) groups excluding carboxylic acids is 1. The molecule has 2 aromatic carbocycles. The number of hydrogen-bond donors (Lipinski definition) is 1. The van der Waals surface area contributed by atoms with Gasteiger partial charge in [0.2, 0.25) is 5.43 Å². The summed E-state index contributed by atoms with van der Waals surface area (Å²) in [6.45, 7) is 4.19. The summed E-state index contributed by atoms with van der Waals surface area (Å²) in [5, 5.41) is 14.8. The highest BCUT2D eigenvalue weighted by Gasteiger charge is 2.40. The van der Waals surface area contributed by atoms with Gasteiger partial charge in [-0.2, -0.15) is 5.10 Å². The summed E-state index contributed by atoms with van der Waals surface area (Å²) in [7, 11) is 0. The van der Waals surface area contributed by atoms with Crippen LogP contribution in [0.4, 0.5) is 0 Å². The van der Waals surface area contributed by atoms with Crippen LogP contribution in [0.1, 0.15) is 53.0 Å². The maximum absolute atomic E-state index is 13.1. The van der Waals surface area contributed by atoms with Crippen LogP contribution in [-0.4, -0.2) is 38.3 Å². The Bertz CT molecular complexity index is 1220. The Hall–Kier alpha value is -3.85. The minimum Gasteiger partial charge on any atom is -0.502 e. The Labute approximate surface area is 180 Å². The molecule has 1 aromatic heterocycles. The Morgan fingerprint density at radius 2 is 1.81 bits per heavy atom. The first kappa shape index (κ1) is 20.4. The van der Waals surface area contributed by atoms with Gasteiger partial charge in [-0.15, -0.1) is 6.42 Å². The van der Waals surface area contributed by atoms with Crippen LogP contribution in [0.25, 0.3) is 0 Å². The van der Waals surface area contributed by atoms with Gasteiger partial charge in [0, 0.05) is 24.1 Å². The van der Waals surface area contributed by atoms with Crippen LogP contribution >= 0.6 is 0 Å². The first-order chi connectivity index (χ1) is 14.9. The Morgan fingerprint density at radius 1 is 1.10 bits per heavy atom. The quantitative estimate of drug-likeness (QED) is 0.667. The van der Waals surface area contributed by atoms with Crippen molar-refractivity contribution < 1.29 is 9.90 Å². The maximum Gasteiger partial charge on any atom is 0.276 e. The third-order valence-corrected chi connectivity index (χ3v) is 5.73. The van der Waals surface area contributed by atoms with Gasteiger partial charge in [0.05, 0.1) is 12.2 Å². The Balaban J connectivity index is 1.97. The van der Waals surface area contributed by atoms with Crippen LogP contribution in [0, 0.1) is 12.3 Å². The predicted octanol–water partition coefficient (Wildman–Crippen LogP) is 3.17. The molecular weight excluding hydrogens is 390 g/mol. The second-order valence-corrected chi connectivity index (χ2v) is 7.93. The van der Waals surface area contributed by atoms with Gasteiger partial charge in [0.1, 0.15) is 0 Å². The molecule has 2 heterocycles. The second-order valence-electron chi connectivity index (χ2n) is 7.93. The molecule has 0 unspecified atom stereocenters. The van der Waals surface area contributed by atoms with Crippen molar-refractivity contribution in [3.63, 3.8) is 0 Å². The summed E-state index contributed by atoms with van der Waals surface area (Å²) in [6.07, 6.45) is 6.70. The molecule has 156 valence electrons. The van der Waals surface area contributed by atoms with Crippen LogP contribution < -0.4 is 5.43 Å². The van der Waals surface area contributed by atoms with Crippen molar-refractivity contribution in [1.29, 1.82) is 0 Å². The average Bonchev–Trinajstić information content (AvgIpc) is 2.78. The van der Waals surface area contributed by atoms with Crippen molar-refractivity contribution in [2.45, 2.75) is 31.8 Å². The average molecular weight is 413 g/mol. The standard InChI is InChI=1S/C25H23N3O3/c1-4-17-9-8-12-19(13-17)22(18-10-6-5-7-11-18)20-15-27(16(2)3)25(31)23-24(30)21(29)14-26-28(20)23/h1,5-14,16,20,22,30H,15H2,2-3H3/t20-,22-/m1/s1. The third-order valence-electron chi connectivity index (χ3n) is 5.73. The largest absolute Gasteiger partial charge is 0.502 e. The van der Waals surface area contributed by atoms with Crippen molar-refractivity contribution >= 4 is 5.91 Å². The zero-order valence-corrected chi connectivity index (χ0v) is 17.4. The molecule has 4 rings (SSSR count). The molecule has 0 spiro atoms. The van der Waals surface area contributed by atoms with Crippen LogP contribution in [0.3, 0.4) is 0 Å². The van der Waals surface area contributed by atoms with E-state index in [-0.39, 0.29) is 23.7 Å². The van der Waals surface area contributed by atoms with E-state index in [0.717, 1.165) is 22.9 Å². The fraction of sp³-hybridized carbons (Fsp3) is 0.240. The molecule has 0 radical (unpaired) electrons. The molecule has 3 aromatic rings. The molecule has 6 nitrogen and oxygen atoms in total. The van der Waals surface area contributed by atoms with Gasteiger partial charge < -0.3 is 10.0 Å². The van der Waals surface area contributed by atoms with E-state index in [4.69, 9.17) is 6.42 Å². The van der Waals surface area contributed by atoms with Gasteiger partial charge in [-0.25, -0.2) is 0 Å². The first-order valence-corrected chi connectivity index (χ1v) is 10.2. The first-order valence-electron chi connectivity index (χ1n) is 10.2. The Morgan fingerprint density at radius 3 is 2.48 bits per heavy atom. The van der Waals surface area contributed by atoms with E-state index in [1.165, 1.54) is 4.68 Å². The molecule has 1 aliphatic rings. The smallest absolute Gasteiger partial charge is 0.276 e. The summed E-state index contributed by atoms with van der Waals surface area (Å²) in [4.78, 5) is 26.9. The molecule has 31 heavy (non-hydrogen) atoms. The number of hydrogen-bond acceptors (Lipinski definition) is 4. The van der Waals surface area contributed by atoms with Crippen LogP contribution in [-0.2, 0) is 0 Å². The van der Waals surface area contributed by atoms with E-state index in [2.05, 4.69) is 11.0 Å². The zero-order valence-electron chi connectivity index (χ0n) is 17.4. The maximum atomic E-state index is 13.1. The molecule has 0 saturated carbocycles. The van der Waals surface area contributed by atoms with Crippen LogP contribution in [0.2, 0.25) is 0 Å². The van der Waals surface area contributed by atoms with E-state index in [0.29, 0.717) is 6.54 Å². The molecule has 6 heteroatoms. The number of rotatable bonds is 4. The van der Waals surface area contributed by atoms with E-state index >= 15 is 0 Å². The number of terminal acetylenes is 1. The molecule has 2 atom stereocenters. The topological polar surface area (TPSA) is 75.4 Å². The summed E-state index contributed by atoms with van der Waals surface area (Å²) >= 11 is 0. The lowest BCUT2D eigenvalue weighted by molar-refractivity contribution is 0.0570. The van der Waals surface area contributed by atoms with E-state index in [1.807, 2.05) is 68.4 Å². The molecule has 0 fully saturated rings. The summed E-state index contributed by atoms with van der Waals surface area (Å²) in [5.41, 5.74) is 1.99. The van der Waals surface area contributed by atoms with Gasteiger partial charge >= 0.3 is 0 Å². The number of benzene rings is 2. The zero-order chi connectivity index (χ0) is 22.1. The van der Waals surface area contributed by atoms with Gasteiger partial charge in [-0.3, -0.25) is 14.3 Å². The minimum atomic E-state index is -0.672.